The van der Waals surface area contributed by atoms with E-state index in [9.17, 15) is 15.0 Å². The Morgan fingerprint density at radius 3 is 2.61 bits per heavy atom. The molecule has 2 aromatic rings. The highest BCUT2D eigenvalue weighted by Crippen LogP contribution is 2.38. The monoisotopic (exact) mass is 343 g/mol. The molecule has 0 aromatic heterocycles. The van der Waals surface area contributed by atoms with Gasteiger partial charge in [-0.3, -0.25) is 9.69 Å². The van der Waals surface area contributed by atoms with Crippen LogP contribution in [0.2, 0.25) is 0 Å². The highest BCUT2D eigenvalue weighted by molar-refractivity contribution is 8.27. The summed E-state index contributed by atoms with van der Waals surface area (Å²) in [5, 5.41) is 19.2. The lowest BCUT2D eigenvalue weighted by Gasteiger charge is -2.16. The number of amides is 1. The van der Waals surface area contributed by atoms with Crippen molar-refractivity contribution in [1.82, 2.24) is 0 Å². The molecule has 1 heterocycles. The van der Waals surface area contributed by atoms with Gasteiger partial charge in [0.25, 0.3) is 5.91 Å². The van der Waals surface area contributed by atoms with E-state index in [1.165, 1.54) is 28.8 Å². The predicted octanol–water partition coefficient (Wildman–Crippen LogP) is 3.81. The van der Waals surface area contributed by atoms with Crippen molar-refractivity contribution >= 4 is 46.0 Å². The van der Waals surface area contributed by atoms with Gasteiger partial charge in [-0.1, -0.05) is 42.2 Å². The molecule has 1 fully saturated rings. The average Bonchev–Trinajstić information content (AvgIpc) is 2.77. The Labute approximate surface area is 143 Å². The van der Waals surface area contributed by atoms with E-state index in [1.807, 2.05) is 31.2 Å². The molecule has 4 nitrogen and oxygen atoms in total. The van der Waals surface area contributed by atoms with E-state index in [0.29, 0.717) is 14.8 Å². The lowest BCUT2D eigenvalue weighted by Crippen LogP contribution is -2.28. The number of rotatable bonds is 2. The van der Waals surface area contributed by atoms with Crippen LogP contribution in [0.5, 0.6) is 11.5 Å². The van der Waals surface area contributed by atoms with Crippen molar-refractivity contribution in [3.8, 4) is 11.5 Å². The molecule has 3 rings (SSSR count). The predicted molar refractivity (Wildman–Crippen MR) is 96.6 cm³/mol. The van der Waals surface area contributed by atoms with Crippen molar-refractivity contribution in [2.24, 2.45) is 0 Å². The minimum absolute atomic E-state index is 0.0351. The number of aryl methyl sites for hydroxylation is 1. The first-order chi connectivity index (χ1) is 11.0. The summed E-state index contributed by atoms with van der Waals surface area (Å²) in [6.07, 6.45) is 1.58. The number of thiocarbonyl (C=S) groups is 1. The highest BCUT2D eigenvalue weighted by Gasteiger charge is 2.34. The first-order valence-electron chi connectivity index (χ1n) is 6.83. The molecular formula is C17H13NO3S2. The fraction of sp³-hybridized carbons (Fsp3) is 0.0588. The van der Waals surface area contributed by atoms with Crippen LogP contribution >= 0.6 is 24.0 Å². The van der Waals surface area contributed by atoms with Gasteiger partial charge in [0.05, 0.1) is 10.6 Å². The molecule has 0 unspecified atom stereocenters. The van der Waals surface area contributed by atoms with Crippen molar-refractivity contribution in [1.29, 1.82) is 0 Å². The van der Waals surface area contributed by atoms with Gasteiger partial charge >= 0.3 is 0 Å². The quantitative estimate of drug-likeness (QED) is 0.641. The largest absolute Gasteiger partial charge is 0.508 e. The first-order valence-corrected chi connectivity index (χ1v) is 8.05. The molecule has 0 saturated carbocycles. The van der Waals surface area contributed by atoms with Crippen molar-refractivity contribution in [2.45, 2.75) is 6.92 Å². The van der Waals surface area contributed by atoms with Gasteiger partial charge in [0, 0.05) is 11.6 Å². The van der Waals surface area contributed by atoms with Gasteiger partial charge in [0.15, 0.2) is 4.32 Å². The van der Waals surface area contributed by atoms with Crippen LogP contribution in [0, 0.1) is 6.92 Å². The van der Waals surface area contributed by atoms with Gasteiger partial charge < -0.3 is 10.2 Å². The van der Waals surface area contributed by atoms with Crippen LogP contribution < -0.4 is 4.90 Å². The molecule has 116 valence electrons. The number of anilines is 1. The summed E-state index contributed by atoms with van der Waals surface area (Å²) in [7, 11) is 0. The summed E-state index contributed by atoms with van der Waals surface area (Å²) >= 11 is 6.52. The Kier molecular flexibility index (Phi) is 4.11. The number of phenolic OH excluding ortho intramolecular Hbond substituents is 2. The van der Waals surface area contributed by atoms with Crippen molar-refractivity contribution in [2.75, 3.05) is 4.90 Å². The number of hydrogen-bond donors (Lipinski definition) is 2. The normalized spacial score (nSPS) is 16.4. The number of carbonyl (C=O) groups is 1. The highest BCUT2D eigenvalue weighted by atomic mass is 32.2. The van der Waals surface area contributed by atoms with E-state index in [2.05, 4.69) is 0 Å². The standard InChI is InChI=1S/C17H13NO3S2/c1-10-4-2-3-5-13(10)18-16(21)15(23-17(18)22)8-11-6-7-12(19)9-14(11)20/h2-9,19-20H,1H3/b15-8-. The molecular weight excluding hydrogens is 330 g/mol. The van der Waals surface area contributed by atoms with Crippen LogP contribution in [0.25, 0.3) is 6.08 Å². The SMILES string of the molecule is Cc1ccccc1N1C(=O)/C(=C/c2ccc(O)cc2O)SC1=S. The summed E-state index contributed by atoms with van der Waals surface area (Å²) in [5.41, 5.74) is 2.17. The number of hydrogen-bond acceptors (Lipinski definition) is 5. The number of benzene rings is 2. The summed E-state index contributed by atoms with van der Waals surface area (Å²) in [6, 6.07) is 11.8. The summed E-state index contributed by atoms with van der Waals surface area (Å²) in [4.78, 5) is 14.6. The number of carbonyl (C=O) groups excluding carboxylic acids is 1. The molecule has 2 aromatic carbocycles. The molecule has 0 atom stereocenters. The smallest absolute Gasteiger partial charge is 0.270 e. The second-order valence-corrected chi connectivity index (χ2v) is 6.72. The van der Waals surface area contributed by atoms with Crippen LogP contribution in [0.1, 0.15) is 11.1 Å². The third-order valence-corrected chi connectivity index (χ3v) is 4.75. The van der Waals surface area contributed by atoms with Crippen molar-refractivity contribution in [3.05, 3.63) is 58.5 Å². The third kappa shape index (κ3) is 2.95. The maximum absolute atomic E-state index is 12.7. The van der Waals surface area contributed by atoms with E-state index >= 15 is 0 Å². The zero-order valence-electron chi connectivity index (χ0n) is 12.2. The molecule has 1 amide bonds. The Balaban J connectivity index is 1.98. The van der Waals surface area contributed by atoms with E-state index < -0.39 is 0 Å². The van der Waals surface area contributed by atoms with E-state index in [0.717, 1.165) is 11.3 Å². The maximum Gasteiger partial charge on any atom is 0.270 e. The topological polar surface area (TPSA) is 60.8 Å². The minimum atomic E-state index is -0.221. The molecule has 6 heteroatoms. The molecule has 0 aliphatic carbocycles. The van der Waals surface area contributed by atoms with E-state index in [1.54, 1.807) is 12.1 Å². The Hall–Kier alpha value is -2.31. The lowest BCUT2D eigenvalue weighted by atomic mass is 10.1. The summed E-state index contributed by atoms with van der Waals surface area (Å²) in [6.45, 7) is 1.92. The average molecular weight is 343 g/mol. The van der Waals surface area contributed by atoms with Crippen LogP contribution in [-0.4, -0.2) is 20.4 Å². The number of nitrogens with zero attached hydrogens (tertiary/aromatic N) is 1. The third-order valence-electron chi connectivity index (χ3n) is 3.45. The second kappa shape index (κ2) is 6.06. The van der Waals surface area contributed by atoms with Crippen molar-refractivity contribution < 1.29 is 15.0 Å². The zero-order valence-corrected chi connectivity index (χ0v) is 13.8. The Morgan fingerprint density at radius 2 is 1.91 bits per heavy atom. The van der Waals surface area contributed by atoms with Gasteiger partial charge in [0.1, 0.15) is 11.5 Å². The number of aromatic hydroxyl groups is 2. The van der Waals surface area contributed by atoms with Crippen LogP contribution in [0.15, 0.2) is 47.4 Å². The molecule has 0 radical (unpaired) electrons. The Bertz CT molecular complexity index is 845. The van der Waals surface area contributed by atoms with Crippen molar-refractivity contribution in [3.63, 3.8) is 0 Å². The van der Waals surface area contributed by atoms with Gasteiger partial charge in [-0.15, -0.1) is 0 Å². The van der Waals surface area contributed by atoms with Gasteiger partial charge in [-0.25, -0.2) is 0 Å². The number of phenols is 2. The molecule has 0 bridgehead atoms. The zero-order chi connectivity index (χ0) is 16.6. The molecule has 2 N–H and O–H groups in total. The molecule has 1 aliphatic heterocycles. The van der Waals surface area contributed by atoms with Gasteiger partial charge in [-0.05, 0) is 36.8 Å². The Morgan fingerprint density at radius 1 is 1.17 bits per heavy atom. The minimum Gasteiger partial charge on any atom is -0.508 e. The second-order valence-electron chi connectivity index (χ2n) is 5.05. The van der Waals surface area contributed by atoms with E-state index in [-0.39, 0.29) is 17.4 Å². The van der Waals surface area contributed by atoms with Gasteiger partial charge in [-0.2, -0.15) is 0 Å². The van der Waals surface area contributed by atoms with Crippen LogP contribution in [0.4, 0.5) is 5.69 Å². The van der Waals surface area contributed by atoms with E-state index in [4.69, 9.17) is 12.2 Å². The summed E-state index contributed by atoms with van der Waals surface area (Å²) < 4.78 is 0.453. The number of thioether (sulfide) groups is 1. The fourth-order valence-corrected chi connectivity index (χ4v) is 3.56. The lowest BCUT2D eigenvalue weighted by molar-refractivity contribution is -0.113. The molecule has 1 saturated heterocycles. The van der Waals surface area contributed by atoms with Crippen LogP contribution in [-0.2, 0) is 4.79 Å². The number of para-hydroxylation sites is 1. The first kappa shape index (κ1) is 15.6. The molecule has 0 spiro atoms. The molecule has 1 aliphatic rings. The fourth-order valence-electron chi connectivity index (χ4n) is 2.29. The summed E-state index contributed by atoms with van der Waals surface area (Å²) in [5.74, 6) is -0.347. The van der Waals surface area contributed by atoms with Crippen LogP contribution in [0.3, 0.4) is 0 Å². The van der Waals surface area contributed by atoms with Gasteiger partial charge in [0.2, 0.25) is 0 Å². The molecule has 23 heavy (non-hydrogen) atoms. The maximum atomic E-state index is 12.7.